The van der Waals surface area contributed by atoms with Gasteiger partial charge in [-0.1, -0.05) is 73.0 Å². The highest BCUT2D eigenvalue weighted by molar-refractivity contribution is 5.01. The van der Waals surface area contributed by atoms with E-state index in [0.29, 0.717) is 5.92 Å². The molecule has 0 aliphatic carbocycles. The monoisotopic (exact) mass is 241 g/mol. The number of hydrogen-bond donors (Lipinski definition) is 0. The first-order valence-corrected chi connectivity index (χ1v) is 6.93. The number of nitrogens with zero attached hydrogens (tertiary/aromatic N) is 1. The van der Waals surface area contributed by atoms with Crippen molar-refractivity contribution in [3.8, 4) is 0 Å². The Morgan fingerprint density at radius 1 is 1.12 bits per heavy atom. The van der Waals surface area contributed by atoms with Crippen LogP contribution in [0.1, 0.15) is 67.7 Å². The molecule has 0 saturated carbocycles. The van der Waals surface area contributed by atoms with Gasteiger partial charge in [-0.15, -0.1) is 0 Å². The third-order valence-corrected chi connectivity index (χ3v) is 2.11. The van der Waals surface area contributed by atoms with Crippen LogP contribution >= 0.6 is 0 Å². The Kier molecular flexibility index (Phi) is 22.4. The van der Waals surface area contributed by atoms with Crippen LogP contribution in [-0.2, 0) is 0 Å². The standard InChI is InChI=1S/C9H17N.C4H10.C3H8/c1-6-10(5)7-9(4)8(2)3;1-3-4-2;1-3-2/h6-8H,1H2,2-5H3;3-4H2,1-2H3;3H2,1-2H3/b9-7+;;. The maximum atomic E-state index is 3.65. The average Bonchev–Trinajstić information content (AvgIpc) is 2.30. The molecule has 0 amide bonds. The van der Waals surface area contributed by atoms with E-state index >= 15 is 0 Å². The van der Waals surface area contributed by atoms with Gasteiger partial charge in [0, 0.05) is 13.2 Å². The Balaban J connectivity index is -0.000000232. The van der Waals surface area contributed by atoms with E-state index in [1.165, 1.54) is 24.8 Å². The molecule has 0 aliphatic heterocycles. The predicted octanol–water partition coefficient (Wildman–Crippen LogP) is 5.84. The van der Waals surface area contributed by atoms with Crippen LogP contribution in [0.5, 0.6) is 0 Å². The lowest BCUT2D eigenvalue weighted by Gasteiger charge is -2.11. The number of rotatable bonds is 4. The molecular formula is C16H35N. The lowest BCUT2D eigenvalue weighted by molar-refractivity contribution is 0.603. The van der Waals surface area contributed by atoms with E-state index in [4.69, 9.17) is 0 Å². The van der Waals surface area contributed by atoms with Crippen LogP contribution in [0, 0.1) is 5.92 Å². The molecule has 104 valence electrons. The Labute approximate surface area is 111 Å². The fraction of sp³-hybridized carbons (Fsp3) is 0.750. The van der Waals surface area contributed by atoms with Gasteiger partial charge in [-0.25, -0.2) is 0 Å². The molecule has 0 rings (SSSR count). The summed E-state index contributed by atoms with van der Waals surface area (Å²) in [6, 6.07) is 0. The number of hydrogen-bond acceptors (Lipinski definition) is 1. The largest absolute Gasteiger partial charge is 0.358 e. The number of unbranched alkanes of at least 4 members (excludes halogenated alkanes) is 1. The summed E-state index contributed by atoms with van der Waals surface area (Å²) >= 11 is 0. The van der Waals surface area contributed by atoms with Crippen molar-refractivity contribution in [1.29, 1.82) is 0 Å². The van der Waals surface area contributed by atoms with Crippen molar-refractivity contribution in [3.05, 3.63) is 24.6 Å². The second kappa shape index (κ2) is 17.7. The zero-order chi connectivity index (χ0) is 14.3. The minimum atomic E-state index is 0.627. The Bertz CT molecular complexity index is 166. The van der Waals surface area contributed by atoms with Crippen molar-refractivity contribution >= 4 is 0 Å². The smallest absolute Gasteiger partial charge is 0.0106 e. The molecule has 1 nitrogen and oxygen atoms in total. The lowest BCUT2D eigenvalue weighted by Crippen LogP contribution is -2.02. The fourth-order valence-electron chi connectivity index (χ4n) is 0.523. The summed E-state index contributed by atoms with van der Waals surface area (Å²) in [6.07, 6.45) is 7.78. The third kappa shape index (κ3) is 25.5. The van der Waals surface area contributed by atoms with E-state index in [1.807, 2.05) is 11.9 Å². The highest BCUT2D eigenvalue weighted by atomic mass is 15.0. The summed E-state index contributed by atoms with van der Waals surface area (Å²) < 4.78 is 0. The van der Waals surface area contributed by atoms with E-state index in [-0.39, 0.29) is 0 Å². The van der Waals surface area contributed by atoms with Crippen LogP contribution in [-0.4, -0.2) is 11.9 Å². The highest BCUT2D eigenvalue weighted by Crippen LogP contribution is 2.07. The van der Waals surface area contributed by atoms with Crippen molar-refractivity contribution in [2.45, 2.75) is 67.7 Å². The molecule has 0 fully saturated rings. The van der Waals surface area contributed by atoms with Gasteiger partial charge in [0.15, 0.2) is 0 Å². The van der Waals surface area contributed by atoms with Gasteiger partial charge in [-0.2, -0.15) is 0 Å². The topological polar surface area (TPSA) is 3.24 Å². The van der Waals surface area contributed by atoms with Crippen LogP contribution in [0.15, 0.2) is 24.6 Å². The highest BCUT2D eigenvalue weighted by Gasteiger charge is 1.95. The van der Waals surface area contributed by atoms with Gasteiger partial charge in [-0.05, 0) is 19.0 Å². The van der Waals surface area contributed by atoms with Gasteiger partial charge in [0.2, 0.25) is 0 Å². The quantitative estimate of drug-likeness (QED) is 0.597. The van der Waals surface area contributed by atoms with Crippen LogP contribution in [0.25, 0.3) is 0 Å². The summed E-state index contributed by atoms with van der Waals surface area (Å²) in [6.45, 7) is 18.8. The molecule has 0 aromatic rings. The fourth-order valence-corrected chi connectivity index (χ4v) is 0.523. The molecule has 17 heavy (non-hydrogen) atoms. The first-order chi connectivity index (χ1) is 7.90. The zero-order valence-corrected chi connectivity index (χ0v) is 13.5. The van der Waals surface area contributed by atoms with Gasteiger partial charge in [-0.3, -0.25) is 0 Å². The Hall–Kier alpha value is -0.720. The van der Waals surface area contributed by atoms with Crippen molar-refractivity contribution in [3.63, 3.8) is 0 Å². The van der Waals surface area contributed by atoms with Gasteiger partial charge in [0.25, 0.3) is 0 Å². The molecule has 0 spiro atoms. The first kappa shape index (κ1) is 21.6. The third-order valence-electron chi connectivity index (χ3n) is 2.11. The molecule has 1 heteroatoms. The minimum absolute atomic E-state index is 0.627. The lowest BCUT2D eigenvalue weighted by atomic mass is 10.1. The van der Waals surface area contributed by atoms with Gasteiger partial charge >= 0.3 is 0 Å². The molecule has 0 N–H and O–H groups in total. The van der Waals surface area contributed by atoms with E-state index in [9.17, 15) is 0 Å². The summed E-state index contributed by atoms with van der Waals surface area (Å²) in [5, 5.41) is 0. The van der Waals surface area contributed by atoms with Crippen LogP contribution in [0.2, 0.25) is 0 Å². The van der Waals surface area contributed by atoms with Crippen LogP contribution in [0.4, 0.5) is 0 Å². The summed E-state index contributed by atoms with van der Waals surface area (Å²) in [5.41, 5.74) is 1.38. The second-order valence-electron chi connectivity index (χ2n) is 4.58. The van der Waals surface area contributed by atoms with E-state index in [0.717, 1.165) is 0 Å². The van der Waals surface area contributed by atoms with Crippen molar-refractivity contribution in [2.75, 3.05) is 7.05 Å². The maximum Gasteiger partial charge on any atom is 0.0106 e. The van der Waals surface area contributed by atoms with Gasteiger partial charge in [0.05, 0.1) is 0 Å². The Morgan fingerprint density at radius 2 is 1.47 bits per heavy atom. The molecule has 0 aromatic heterocycles. The van der Waals surface area contributed by atoms with Crippen LogP contribution in [0.3, 0.4) is 0 Å². The molecule has 0 radical (unpaired) electrons. The van der Waals surface area contributed by atoms with E-state index in [1.54, 1.807) is 6.20 Å². The summed E-state index contributed by atoms with van der Waals surface area (Å²) in [7, 11) is 1.98. The minimum Gasteiger partial charge on any atom is -0.358 e. The molecule has 0 heterocycles. The molecule has 0 aromatic carbocycles. The van der Waals surface area contributed by atoms with E-state index in [2.05, 4.69) is 61.2 Å². The van der Waals surface area contributed by atoms with Crippen molar-refractivity contribution in [1.82, 2.24) is 4.90 Å². The molecule has 0 saturated heterocycles. The SMILES string of the molecule is C=CN(C)/C=C(\C)C(C)C.CCC.CCCC. The van der Waals surface area contributed by atoms with E-state index < -0.39 is 0 Å². The molecule has 0 atom stereocenters. The number of allylic oxidation sites excluding steroid dienone is 1. The van der Waals surface area contributed by atoms with Crippen LogP contribution < -0.4 is 0 Å². The molecule has 0 aliphatic rings. The molecule has 0 bridgehead atoms. The molecular weight excluding hydrogens is 206 g/mol. The maximum absolute atomic E-state index is 3.65. The zero-order valence-electron chi connectivity index (χ0n) is 13.5. The molecule has 0 unspecified atom stereocenters. The predicted molar refractivity (Wildman–Crippen MR) is 83.1 cm³/mol. The van der Waals surface area contributed by atoms with Crippen molar-refractivity contribution in [2.24, 2.45) is 5.92 Å². The van der Waals surface area contributed by atoms with Gasteiger partial charge < -0.3 is 4.90 Å². The summed E-state index contributed by atoms with van der Waals surface area (Å²) in [5.74, 6) is 0.627. The second-order valence-corrected chi connectivity index (χ2v) is 4.58. The average molecular weight is 241 g/mol. The normalized spacial score (nSPS) is 9.82. The summed E-state index contributed by atoms with van der Waals surface area (Å²) in [4.78, 5) is 1.97. The first-order valence-electron chi connectivity index (χ1n) is 6.93. The van der Waals surface area contributed by atoms with Crippen molar-refractivity contribution < 1.29 is 0 Å². The van der Waals surface area contributed by atoms with Gasteiger partial charge in [0.1, 0.15) is 0 Å². The Morgan fingerprint density at radius 3 is 1.65 bits per heavy atom.